The maximum Gasteiger partial charge on any atom is 0.326 e. The monoisotopic (exact) mass is 438 g/mol. The molecular weight excluding hydrogens is 408 g/mol. The third kappa shape index (κ3) is 10.9. The predicted octanol–water partition coefficient (Wildman–Crippen LogP) is -0.962. The van der Waals surface area contributed by atoms with Gasteiger partial charge in [-0.3, -0.25) is 19.2 Å². The van der Waals surface area contributed by atoms with Crippen LogP contribution >= 0.6 is 0 Å². The Bertz CT molecular complexity index is 763. The average molecular weight is 438 g/mol. The molecule has 0 aliphatic rings. The summed E-state index contributed by atoms with van der Waals surface area (Å²) >= 11 is 0. The third-order valence-electron chi connectivity index (χ3n) is 4.38. The molecule has 12 heteroatoms. The van der Waals surface area contributed by atoms with Gasteiger partial charge in [0.1, 0.15) is 12.6 Å². The topological polar surface area (TPSA) is 172 Å². The lowest BCUT2D eigenvalue weighted by molar-refractivity contribution is -0.142. The van der Waals surface area contributed by atoms with E-state index in [9.17, 15) is 24.0 Å². The molecular formula is C19H30N6O6. The fourth-order valence-corrected chi connectivity index (χ4v) is 2.54. The molecule has 1 unspecified atom stereocenters. The smallest absolute Gasteiger partial charge is 0.326 e. The Morgan fingerprint density at radius 2 is 1.94 bits per heavy atom. The van der Waals surface area contributed by atoms with Gasteiger partial charge in [-0.2, -0.15) is 0 Å². The van der Waals surface area contributed by atoms with E-state index in [1.165, 1.54) is 4.68 Å². The van der Waals surface area contributed by atoms with Gasteiger partial charge < -0.3 is 21.1 Å². The summed E-state index contributed by atoms with van der Waals surface area (Å²) in [5, 5.41) is 24.2. The minimum Gasteiger partial charge on any atom is -0.480 e. The molecule has 0 aromatic carbocycles. The van der Waals surface area contributed by atoms with Crippen molar-refractivity contribution in [3.8, 4) is 0 Å². The van der Waals surface area contributed by atoms with Gasteiger partial charge in [-0.15, -0.1) is 5.10 Å². The van der Waals surface area contributed by atoms with Gasteiger partial charge >= 0.3 is 5.97 Å². The summed E-state index contributed by atoms with van der Waals surface area (Å²) in [6.07, 6.45) is 3.85. The highest BCUT2D eigenvalue weighted by Crippen LogP contribution is 2.03. The van der Waals surface area contributed by atoms with Crippen LogP contribution in [-0.4, -0.2) is 69.2 Å². The van der Waals surface area contributed by atoms with E-state index >= 15 is 0 Å². The molecule has 0 spiro atoms. The zero-order chi connectivity index (χ0) is 23.2. The molecule has 0 saturated heterocycles. The SMILES string of the molecule is CC(C)C(=O)Cn1cc(CCC(=O)NCCCCC(NC(=O)CNC=O)C(=O)O)nn1. The van der Waals surface area contributed by atoms with E-state index in [0.29, 0.717) is 37.9 Å². The highest BCUT2D eigenvalue weighted by Gasteiger charge is 2.19. The number of aryl methyl sites for hydroxylation is 1. The number of ketones is 1. The average Bonchev–Trinajstić information content (AvgIpc) is 3.16. The number of hydrogen-bond acceptors (Lipinski definition) is 7. The van der Waals surface area contributed by atoms with Gasteiger partial charge in [-0.1, -0.05) is 19.1 Å². The summed E-state index contributed by atoms with van der Waals surface area (Å²) in [5.74, 6) is -1.95. The van der Waals surface area contributed by atoms with E-state index in [-0.39, 0.29) is 43.5 Å². The number of hydrogen-bond donors (Lipinski definition) is 4. The van der Waals surface area contributed by atoms with Crippen molar-refractivity contribution in [1.29, 1.82) is 0 Å². The fourth-order valence-electron chi connectivity index (χ4n) is 2.54. The Balaban J connectivity index is 2.23. The number of carbonyl (C=O) groups excluding carboxylic acids is 4. The highest BCUT2D eigenvalue weighted by atomic mass is 16.4. The Morgan fingerprint density at radius 1 is 1.19 bits per heavy atom. The quantitative estimate of drug-likeness (QED) is 0.189. The molecule has 0 fully saturated rings. The summed E-state index contributed by atoms with van der Waals surface area (Å²) in [5.41, 5.74) is 0.621. The van der Waals surface area contributed by atoms with Gasteiger partial charge in [-0.25, -0.2) is 9.48 Å². The van der Waals surface area contributed by atoms with Gasteiger partial charge in [-0.05, 0) is 19.3 Å². The first-order valence-corrected chi connectivity index (χ1v) is 10.1. The van der Waals surface area contributed by atoms with Crippen molar-refractivity contribution in [2.75, 3.05) is 13.1 Å². The number of carboxylic acid groups (broad SMARTS) is 1. The van der Waals surface area contributed by atoms with Crippen molar-refractivity contribution in [3.63, 3.8) is 0 Å². The number of nitrogens with one attached hydrogen (secondary N) is 3. The predicted molar refractivity (Wildman–Crippen MR) is 109 cm³/mol. The van der Waals surface area contributed by atoms with Gasteiger partial charge in [0.05, 0.1) is 12.2 Å². The van der Waals surface area contributed by atoms with Crippen LogP contribution in [0.2, 0.25) is 0 Å². The molecule has 172 valence electrons. The second kappa shape index (κ2) is 13.8. The number of carbonyl (C=O) groups is 5. The third-order valence-corrected chi connectivity index (χ3v) is 4.38. The van der Waals surface area contributed by atoms with Crippen LogP contribution in [0.4, 0.5) is 0 Å². The first-order valence-electron chi connectivity index (χ1n) is 10.1. The number of carboxylic acids is 1. The van der Waals surface area contributed by atoms with Crippen LogP contribution in [0.25, 0.3) is 0 Å². The van der Waals surface area contributed by atoms with Crippen molar-refractivity contribution >= 4 is 30.0 Å². The van der Waals surface area contributed by atoms with Crippen LogP contribution in [0.15, 0.2) is 6.20 Å². The lowest BCUT2D eigenvalue weighted by Crippen LogP contribution is -2.44. The normalized spacial score (nSPS) is 11.6. The molecule has 1 atom stereocenters. The number of amides is 3. The Morgan fingerprint density at radius 3 is 2.58 bits per heavy atom. The van der Waals surface area contributed by atoms with Crippen molar-refractivity contribution in [2.24, 2.45) is 5.92 Å². The summed E-state index contributed by atoms with van der Waals surface area (Å²) in [6.45, 7) is 3.88. The minimum absolute atomic E-state index is 0.0523. The number of aromatic nitrogens is 3. The molecule has 0 aliphatic carbocycles. The lowest BCUT2D eigenvalue weighted by atomic mass is 10.1. The molecule has 3 amide bonds. The van der Waals surface area contributed by atoms with Crippen LogP contribution in [0, 0.1) is 5.92 Å². The van der Waals surface area contributed by atoms with Crippen LogP contribution in [-0.2, 0) is 36.9 Å². The molecule has 0 aliphatic heterocycles. The summed E-state index contributed by atoms with van der Waals surface area (Å²) < 4.78 is 1.46. The minimum atomic E-state index is -1.16. The summed E-state index contributed by atoms with van der Waals surface area (Å²) in [6, 6.07) is -1.05. The van der Waals surface area contributed by atoms with E-state index in [1.54, 1.807) is 6.20 Å². The van der Waals surface area contributed by atoms with E-state index in [2.05, 4.69) is 26.3 Å². The zero-order valence-electron chi connectivity index (χ0n) is 17.8. The lowest BCUT2D eigenvalue weighted by Gasteiger charge is -2.14. The second-order valence-corrected chi connectivity index (χ2v) is 7.33. The van der Waals surface area contributed by atoms with E-state index in [0.717, 1.165) is 0 Å². The van der Waals surface area contributed by atoms with Crippen LogP contribution in [0.5, 0.6) is 0 Å². The van der Waals surface area contributed by atoms with Crippen LogP contribution in [0.1, 0.15) is 45.2 Å². The fraction of sp³-hybridized carbons (Fsp3) is 0.632. The van der Waals surface area contributed by atoms with Crippen molar-refractivity contribution in [3.05, 3.63) is 11.9 Å². The largest absolute Gasteiger partial charge is 0.480 e. The molecule has 4 N–H and O–H groups in total. The zero-order valence-corrected chi connectivity index (χ0v) is 17.8. The molecule has 1 heterocycles. The van der Waals surface area contributed by atoms with E-state index in [4.69, 9.17) is 5.11 Å². The second-order valence-electron chi connectivity index (χ2n) is 7.33. The maximum absolute atomic E-state index is 11.9. The first kappa shape index (κ1) is 25.7. The molecule has 0 saturated carbocycles. The number of aliphatic carboxylic acids is 1. The van der Waals surface area contributed by atoms with Gasteiger partial charge in [0.2, 0.25) is 18.2 Å². The standard InChI is InChI=1S/C19H30N6O6/c1-13(2)16(27)11-25-10-14(23-24-25)6-7-17(28)21-8-4-3-5-15(19(30)31)22-18(29)9-20-12-26/h10,12-13,15H,3-9,11H2,1-2H3,(H,20,26)(H,21,28)(H,22,29)(H,30,31). The Hall–Kier alpha value is -3.31. The Labute approximate surface area is 180 Å². The first-order chi connectivity index (χ1) is 14.7. The number of rotatable bonds is 16. The summed E-state index contributed by atoms with van der Waals surface area (Å²) in [7, 11) is 0. The molecule has 0 bridgehead atoms. The van der Waals surface area contributed by atoms with Crippen molar-refractivity contribution < 1.29 is 29.1 Å². The van der Waals surface area contributed by atoms with E-state index < -0.39 is 17.9 Å². The number of Topliss-reactive ketones (excluding diaryl/α,β-unsaturated/α-hetero) is 1. The number of nitrogens with zero attached hydrogens (tertiary/aromatic N) is 3. The van der Waals surface area contributed by atoms with Crippen LogP contribution in [0.3, 0.4) is 0 Å². The molecule has 1 rings (SSSR count). The highest BCUT2D eigenvalue weighted by molar-refractivity contribution is 5.85. The molecule has 12 nitrogen and oxygen atoms in total. The van der Waals surface area contributed by atoms with Crippen molar-refractivity contribution in [2.45, 2.75) is 58.5 Å². The van der Waals surface area contributed by atoms with Gasteiger partial charge in [0, 0.05) is 31.5 Å². The maximum atomic E-state index is 11.9. The van der Waals surface area contributed by atoms with Gasteiger partial charge in [0.15, 0.2) is 5.78 Å². The number of unbranched alkanes of at least 4 members (excludes halogenated alkanes) is 1. The van der Waals surface area contributed by atoms with Gasteiger partial charge in [0.25, 0.3) is 0 Å². The summed E-state index contributed by atoms with van der Waals surface area (Å²) in [4.78, 5) is 56.5. The van der Waals surface area contributed by atoms with Crippen molar-refractivity contribution in [1.82, 2.24) is 30.9 Å². The van der Waals surface area contributed by atoms with E-state index in [1.807, 2.05) is 13.8 Å². The molecule has 0 radical (unpaired) electrons. The molecule has 1 aromatic heterocycles. The Kier molecular flexibility index (Phi) is 11.5. The molecule has 1 aromatic rings. The van der Waals surface area contributed by atoms with Crippen LogP contribution < -0.4 is 16.0 Å². The molecule has 31 heavy (non-hydrogen) atoms.